The Morgan fingerprint density at radius 3 is 2.67 bits per heavy atom. The van der Waals surface area contributed by atoms with Gasteiger partial charge in [0.25, 0.3) is 0 Å². The number of aryl methyl sites for hydroxylation is 1. The maximum absolute atomic E-state index is 11.9. The highest BCUT2D eigenvalue weighted by atomic mass is 16.4. The van der Waals surface area contributed by atoms with Gasteiger partial charge in [-0.1, -0.05) is 12.8 Å². The summed E-state index contributed by atoms with van der Waals surface area (Å²) in [7, 11) is 0. The van der Waals surface area contributed by atoms with Crippen LogP contribution in [0.2, 0.25) is 0 Å². The van der Waals surface area contributed by atoms with Crippen LogP contribution in [0.5, 0.6) is 0 Å². The van der Waals surface area contributed by atoms with Crippen LogP contribution in [0, 0.1) is 6.92 Å². The lowest BCUT2D eigenvalue weighted by Gasteiger charge is -2.14. The molecule has 0 unspecified atom stereocenters. The summed E-state index contributed by atoms with van der Waals surface area (Å²) >= 11 is 0. The van der Waals surface area contributed by atoms with Gasteiger partial charge in [0, 0.05) is 11.7 Å². The summed E-state index contributed by atoms with van der Waals surface area (Å²) in [6.45, 7) is 1.88. The third-order valence-electron chi connectivity index (χ3n) is 3.44. The van der Waals surface area contributed by atoms with E-state index in [0.29, 0.717) is 0 Å². The molecule has 0 aromatic carbocycles. The SMILES string of the molecule is Cc1ccc(C(=O)O)n1CC(=O)NC1CCCC1. The fourth-order valence-corrected chi connectivity index (χ4v) is 2.45. The lowest BCUT2D eigenvalue weighted by molar-refractivity contribution is -0.122. The second-order valence-corrected chi connectivity index (χ2v) is 4.80. The predicted molar refractivity (Wildman–Crippen MR) is 66.5 cm³/mol. The number of rotatable bonds is 4. The molecule has 0 bridgehead atoms. The van der Waals surface area contributed by atoms with Crippen LogP contribution in [0.15, 0.2) is 12.1 Å². The first-order valence-corrected chi connectivity index (χ1v) is 6.26. The number of nitrogens with one attached hydrogen (secondary N) is 1. The van der Waals surface area contributed by atoms with Crippen molar-refractivity contribution in [3.05, 3.63) is 23.5 Å². The normalized spacial score (nSPS) is 15.8. The van der Waals surface area contributed by atoms with E-state index in [1.807, 2.05) is 0 Å². The summed E-state index contributed by atoms with van der Waals surface area (Å²) in [5, 5.41) is 12.0. The Morgan fingerprint density at radius 2 is 2.06 bits per heavy atom. The summed E-state index contributed by atoms with van der Waals surface area (Å²) in [5.41, 5.74) is 0.947. The molecule has 98 valence electrons. The van der Waals surface area contributed by atoms with Crippen molar-refractivity contribution in [3.63, 3.8) is 0 Å². The molecule has 1 aliphatic carbocycles. The molecule has 1 aliphatic rings. The number of carboxylic acid groups (broad SMARTS) is 1. The topological polar surface area (TPSA) is 71.3 Å². The van der Waals surface area contributed by atoms with Gasteiger partial charge in [-0.15, -0.1) is 0 Å². The van der Waals surface area contributed by atoms with Crippen molar-refractivity contribution in [2.75, 3.05) is 0 Å². The molecule has 1 amide bonds. The third-order valence-corrected chi connectivity index (χ3v) is 3.44. The molecule has 1 aromatic heterocycles. The van der Waals surface area contributed by atoms with Crippen molar-refractivity contribution in [3.8, 4) is 0 Å². The maximum atomic E-state index is 11.9. The highest BCUT2D eigenvalue weighted by Crippen LogP contribution is 2.17. The number of amides is 1. The van der Waals surface area contributed by atoms with Gasteiger partial charge >= 0.3 is 5.97 Å². The van der Waals surface area contributed by atoms with E-state index in [-0.39, 0.29) is 24.2 Å². The third kappa shape index (κ3) is 2.72. The maximum Gasteiger partial charge on any atom is 0.352 e. The molecule has 0 aliphatic heterocycles. The first-order valence-electron chi connectivity index (χ1n) is 6.26. The van der Waals surface area contributed by atoms with Crippen LogP contribution >= 0.6 is 0 Å². The van der Waals surface area contributed by atoms with Gasteiger partial charge in [0.15, 0.2) is 0 Å². The molecule has 0 saturated heterocycles. The lowest BCUT2D eigenvalue weighted by Crippen LogP contribution is -2.35. The smallest absolute Gasteiger partial charge is 0.352 e. The molecule has 1 fully saturated rings. The molecule has 2 N–H and O–H groups in total. The summed E-state index contributed by atoms with van der Waals surface area (Å²) in [6, 6.07) is 3.51. The van der Waals surface area contributed by atoms with E-state index in [1.54, 1.807) is 13.0 Å². The summed E-state index contributed by atoms with van der Waals surface area (Å²) < 4.78 is 1.53. The van der Waals surface area contributed by atoms with E-state index in [1.165, 1.54) is 10.6 Å². The fraction of sp³-hybridized carbons (Fsp3) is 0.538. The molecule has 5 heteroatoms. The minimum absolute atomic E-state index is 0.0803. The molecule has 1 heterocycles. The molecule has 18 heavy (non-hydrogen) atoms. The van der Waals surface area contributed by atoms with Gasteiger partial charge in [-0.05, 0) is 31.9 Å². The molecule has 2 rings (SSSR count). The molecule has 5 nitrogen and oxygen atoms in total. The van der Waals surface area contributed by atoms with Crippen molar-refractivity contribution in [1.82, 2.24) is 9.88 Å². The zero-order valence-corrected chi connectivity index (χ0v) is 10.5. The average Bonchev–Trinajstić information content (AvgIpc) is 2.90. The standard InChI is InChI=1S/C13H18N2O3/c1-9-6-7-11(13(17)18)15(9)8-12(16)14-10-4-2-3-5-10/h6-7,10H,2-5,8H2,1H3,(H,14,16)(H,17,18). The summed E-state index contributed by atoms with van der Waals surface area (Å²) in [4.78, 5) is 22.9. The molecule has 1 aromatic rings. The minimum Gasteiger partial charge on any atom is -0.477 e. The van der Waals surface area contributed by atoms with Crippen LogP contribution in [0.1, 0.15) is 41.9 Å². The largest absolute Gasteiger partial charge is 0.477 e. The zero-order valence-electron chi connectivity index (χ0n) is 10.5. The van der Waals surface area contributed by atoms with Gasteiger partial charge in [0.2, 0.25) is 5.91 Å². The lowest BCUT2D eigenvalue weighted by atomic mass is 10.2. The van der Waals surface area contributed by atoms with Gasteiger partial charge in [-0.25, -0.2) is 4.79 Å². The molecular weight excluding hydrogens is 232 g/mol. The van der Waals surface area contributed by atoms with Crippen LogP contribution in [-0.4, -0.2) is 27.6 Å². The second-order valence-electron chi connectivity index (χ2n) is 4.80. The highest BCUT2D eigenvalue weighted by Gasteiger charge is 2.19. The number of aromatic carboxylic acids is 1. The fourth-order valence-electron chi connectivity index (χ4n) is 2.45. The van der Waals surface area contributed by atoms with Gasteiger partial charge in [-0.2, -0.15) is 0 Å². The van der Waals surface area contributed by atoms with E-state index in [9.17, 15) is 9.59 Å². The number of hydrogen-bond acceptors (Lipinski definition) is 2. The summed E-state index contributed by atoms with van der Waals surface area (Å²) in [6.07, 6.45) is 4.38. The first-order chi connectivity index (χ1) is 8.58. The number of carboxylic acids is 1. The van der Waals surface area contributed by atoms with E-state index in [0.717, 1.165) is 31.4 Å². The van der Waals surface area contributed by atoms with Crippen LogP contribution in [0.3, 0.4) is 0 Å². The number of nitrogens with zero attached hydrogens (tertiary/aromatic N) is 1. The molecular formula is C13H18N2O3. The first kappa shape index (κ1) is 12.7. The molecule has 1 saturated carbocycles. The molecule has 0 spiro atoms. The van der Waals surface area contributed by atoms with Crippen molar-refractivity contribution in [2.24, 2.45) is 0 Å². The Balaban J connectivity index is 2.01. The molecule has 0 atom stereocenters. The van der Waals surface area contributed by atoms with Gasteiger partial charge in [0.05, 0.1) is 0 Å². The van der Waals surface area contributed by atoms with Crippen molar-refractivity contribution in [1.29, 1.82) is 0 Å². The molecule has 0 radical (unpaired) electrons. The van der Waals surface area contributed by atoms with Crippen LogP contribution in [0.4, 0.5) is 0 Å². The van der Waals surface area contributed by atoms with Gasteiger partial charge in [-0.3, -0.25) is 4.79 Å². The average molecular weight is 250 g/mol. The number of hydrogen-bond donors (Lipinski definition) is 2. The van der Waals surface area contributed by atoms with Gasteiger partial charge < -0.3 is 15.0 Å². The van der Waals surface area contributed by atoms with E-state index < -0.39 is 5.97 Å². The number of carbonyl (C=O) groups is 2. The monoisotopic (exact) mass is 250 g/mol. The quantitative estimate of drug-likeness (QED) is 0.851. The predicted octanol–water partition coefficient (Wildman–Crippen LogP) is 1.55. The Hall–Kier alpha value is -1.78. The minimum atomic E-state index is -1.00. The Bertz CT molecular complexity index is 459. The van der Waals surface area contributed by atoms with E-state index >= 15 is 0 Å². The Kier molecular flexibility index (Phi) is 3.69. The Labute approximate surface area is 106 Å². The van der Waals surface area contributed by atoms with Crippen molar-refractivity contribution in [2.45, 2.75) is 45.2 Å². The Morgan fingerprint density at radius 1 is 1.39 bits per heavy atom. The van der Waals surface area contributed by atoms with Crippen LogP contribution in [0.25, 0.3) is 0 Å². The van der Waals surface area contributed by atoms with E-state index in [4.69, 9.17) is 5.11 Å². The summed E-state index contributed by atoms with van der Waals surface area (Å²) in [5.74, 6) is -1.11. The van der Waals surface area contributed by atoms with Gasteiger partial charge in [0.1, 0.15) is 12.2 Å². The van der Waals surface area contributed by atoms with Crippen LogP contribution in [-0.2, 0) is 11.3 Å². The van der Waals surface area contributed by atoms with Crippen LogP contribution < -0.4 is 5.32 Å². The zero-order chi connectivity index (χ0) is 13.1. The van der Waals surface area contributed by atoms with E-state index in [2.05, 4.69) is 5.32 Å². The number of aromatic nitrogens is 1. The second kappa shape index (κ2) is 5.25. The van der Waals surface area contributed by atoms with Crippen molar-refractivity contribution < 1.29 is 14.7 Å². The number of carbonyl (C=O) groups excluding carboxylic acids is 1. The highest BCUT2D eigenvalue weighted by molar-refractivity contribution is 5.87. The van der Waals surface area contributed by atoms with Crippen molar-refractivity contribution >= 4 is 11.9 Å².